The molecule has 1 aromatic carbocycles. The minimum Gasteiger partial charge on any atom is -0.337 e. The van der Waals surface area contributed by atoms with Gasteiger partial charge in [0.05, 0.1) is 10.6 Å². The molecule has 0 saturated heterocycles. The van der Waals surface area contributed by atoms with Gasteiger partial charge < -0.3 is 10.6 Å². The van der Waals surface area contributed by atoms with Gasteiger partial charge in [0.1, 0.15) is 11.6 Å². The van der Waals surface area contributed by atoms with E-state index >= 15 is 0 Å². The first-order chi connectivity index (χ1) is 11.3. The zero-order chi connectivity index (χ0) is 17.7. The van der Waals surface area contributed by atoms with Crippen molar-refractivity contribution in [3.05, 3.63) is 47.1 Å². The van der Waals surface area contributed by atoms with Crippen molar-refractivity contribution in [2.75, 3.05) is 10.6 Å². The van der Waals surface area contributed by atoms with Gasteiger partial charge in [-0.2, -0.15) is 13.7 Å². The summed E-state index contributed by atoms with van der Waals surface area (Å²) in [6.45, 7) is 1.81. The van der Waals surface area contributed by atoms with Crippen molar-refractivity contribution in [3.63, 3.8) is 0 Å². The summed E-state index contributed by atoms with van der Waals surface area (Å²) in [5, 5.41) is 16.5. The van der Waals surface area contributed by atoms with Crippen LogP contribution >= 0.6 is 11.3 Å². The maximum atomic E-state index is 12.1. The second-order valence-electron chi connectivity index (χ2n) is 4.57. The van der Waals surface area contributed by atoms with Crippen molar-refractivity contribution in [2.45, 2.75) is 11.8 Å². The Bertz CT molecular complexity index is 942. The average Bonchev–Trinajstić information content (AvgIpc) is 2.93. The summed E-state index contributed by atoms with van der Waals surface area (Å²) in [6, 6.07) is 6.78. The topological polar surface area (TPSA) is 132 Å². The molecule has 0 unspecified atom stereocenters. The number of hydrogen-bond acceptors (Lipinski definition) is 7. The molecule has 0 radical (unpaired) electrons. The van der Waals surface area contributed by atoms with Crippen molar-refractivity contribution in [3.8, 4) is 6.07 Å². The molecule has 0 bridgehead atoms. The lowest BCUT2D eigenvalue weighted by molar-refractivity contribution is -0.112. The molecule has 2 aromatic rings. The normalized spacial score (nSPS) is 11.6. The van der Waals surface area contributed by atoms with Crippen LogP contribution in [0.3, 0.4) is 0 Å². The van der Waals surface area contributed by atoms with E-state index < -0.39 is 16.0 Å². The quantitative estimate of drug-likeness (QED) is 0.421. The van der Waals surface area contributed by atoms with E-state index in [0.29, 0.717) is 5.13 Å². The summed E-state index contributed by atoms with van der Waals surface area (Å²) >= 11 is 1.32. The number of aryl methyl sites for hydroxylation is 1. The Morgan fingerprint density at radius 3 is 2.79 bits per heavy atom. The number of carbonyl (C=O) groups is 1. The molecule has 0 aliphatic carbocycles. The highest BCUT2D eigenvalue weighted by Crippen LogP contribution is 2.17. The van der Waals surface area contributed by atoms with Crippen LogP contribution in [0.25, 0.3) is 0 Å². The summed E-state index contributed by atoms with van der Waals surface area (Å²) in [6.07, 6.45) is 1.21. The molecule has 0 fully saturated rings. The fraction of sp³-hybridized carbons (Fsp3) is 0.0714. The second-order valence-corrected chi connectivity index (χ2v) is 6.84. The number of benzene rings is 1. The van der Waals surface area contributed by atoms with Crippen LogP contribution in [-0.2, 0) is 14.9 Å². The van der Waals surface area contributed by atoms with Crippen molar-refractivity contribution in [1.82, 2.24) is 4.98 Å². The Balaban J connectivity index is 2.14. The number of carbonyl (C=O) groups excluding carboxylic acids is 1. The number of nitrogens with one attached hydrogen (secondary N) is 2. The Hall–Kier alpha value is -2.74. The Kier molecular flexibility index (Phi) is 5.30. The molecular formula is C14H12N4O4S2. The van der Waals surface area contributed by atoms with E-state index in [1.54, 1.807) is 6.07 Å². The molecular weight excluding hydrogens is 352 g/mol. The van der Waals surface area contributed by atoms with Gasteiger partial charge in [0.25, 0.3) is 16.0 Å². The van der Waals surface area contributed by atoms with Crippen LogP contribution in [0.1, 0.15) is 5.69 Å². The van der Waals surface area contributed by atoms with Crippen LogP contribution in [0.2, 0.25) is 0 Å². The molecule has 8 nitrogen and oxygen atoms in total. The number of hydrogen-bond donors (Lipinski definition) is 3. The van der Waals surface area contributed by atoms with Crippen molar-refractivity contribution >= 4 is 38.2 Å². The molecule has 0 saturated carbocycles. The van der Waals surface area contributed by atoms with Gasteiger partial charge in [-0.3, -0.25) is 9.35 Å². The summed E-state index contributed by atoms with van der Waals surface area (Å²) in [5.74, 6) is -0.731. The first-order valence-electron chi connectivity index (χ1n) is 6.47. The number of thiazole rings is 1. The molecule has 0 aliphatic heterocycles. The summed E-state index contributed by atoms with van der Waals surface area (Å²) < 4.78 is 31.2. The first-order valence-corrected chi connectivity index (χ1v) is 8.79. The minimum absolute atomic E-state index is 0.126. The van der Waals surface area contributed by atoms with Crippen LogP contribution in [0.5, 0.6) is 0 Å². The molecule has 0 spiro atoms. The molecule has 0 atom stereocenters. The van der Waals surface area contributed by atoms with Crippen molar-refractivity contribution in [1.29, 1.82) is 5.26 Å². The monoisotopic (exact) mass is 364 g/mol. The number of nitrogens with zero attached hydrogens (tertiary/aromatic N) is 2. The third kappa shape index (κ3) is 4.63. The van der Waals surface area contributed by atoms with Crippen molar-refractivity contribution in [2.24, 2.45) is 0 Å². The molecule has 124 valence electrons. The van der Waals surface area contributed by atoms with Crippen LogP contribution in [0.15, 0.2) is 46.3 Å². The van der Waals surface area contributed by atoms with Gasteiger partial charge in [0.15, 0.2) is 5.13 Å². The second kappa shape index (κ2) is 7.22. The van der Waals surface area contributed by atoms with Crippen LogP contribution in [0.4, 0.5) is 10.8 Å². The third-order valence-electron chi connectivity index (χ3n) is 2.71. The number of amides is 1. The van der Waals surface area contributed by atoms with E-state index in [1.165, 1.54) is 35.7 Å². The number of aromatic nitrogens is 1. The molecule has 1 heterocycles. The van der Waals surface area contributed by atoms with Crippen molar-refractivity contribution < 1.29 is 17.8 Å². The molecule has 1 aromatic heterocycles. The molecule has 10 heteroatoms. The fourth-order valence-corrected chi connectivity index (χ4v) is 2.82. The highest BCUT2D eigenvalue weighted by atomic mass is 32.2. The fourth-order valence-electron chi connectivity index (χ4n) is 1.64. The maximum Gasteiger partial charge on any atom is 0.294 e. The lowest BCUT2D eigenvalue weighted by atomic mass is 10.2. The SMILES string of the molecule is Cc1csc(N/C=C(/C#N)C(=O)Nc2cccc(S(=O)(=O)O)c2)n1. The number of anilines is 2. The minimum atomic E-state index is -4.38. The third-order valence-corrected chi connectivity index (χ3v) is 4.45. The molecule has 3 N–H and O–H groups in total. The lowest BCUT2D eigenvalue weighted by Gasteiger charge is -2.05. The van der Waals surface area contributed by atoms with Gasteiger partial charge in [-0.1, -0.05) is 6.07 Å². The van der Waals surface area contributed by atoms with Gasteiger partial charge in [-0.15, -0.1) is 11.3 Å². The predicted octanol–water partition coefficient (Wildman–Crippen LogP) is 2.16. The van der Waals surface area contributed by atoms with Gasteiger partial charge in [0.2, 0.25) is 0 Å². The summed E-state index contributed by atoms with van der Waals surface area (Å²) in [7, 11) is -4.38. The zero-order valence-electron chi connectivity index (χ0n) is 12.3. The standard InChI is InChI=1S/C14H12N4O4S2/c1-9-8-23-14(17-9)16-7-10(6-15)13(19)18-11-3-2-4-12(5-11)24(20,21)22/h2-5,7-8H,1H3,(H,16,17)(H,18,19)(H,20,21,22)/b10-7-. The average molecular weight is 364 g/mol. The molecule has 2 rings (SSSR count). The highest BCUT2D eigenvalue weighted by Gasteiger charge is 2.13. The van der Waals surface area contributed by atoms with E-state index in [0.717, 1.165) is 11.8 Å². The van der Waals surface area contributed by atoms with Gasteiger partial charge >= 0.3 is 0 Å². The van der Waals surface area contributed by atoms with E-state index in [9.17, 15) is 13.2 Å². The van der Waals surface area contributed by atoms with Gasteiger partial charge in [-0.25, -0.2) is 4.98 Å². The lowest BCUT2D eigenvalue weighted by Crippen LogP contribution is -2.15. The summed E-state index contributed by atoms with van der Waals surface area (Å²) in [5.41, 5.74) is 0.711. The van der Waals surface area contributed by atoms with Gasteiger partial charge in [0, 0.05) is 17.3 Å². The van der Waals surface area contributed by atoms with E-state index in [-0.39, 0.29) is 16.2 Å². The molecule has 1 amide bonds. The number of nitriles is 1. The molecule has 24 heavy (non-hydrogen) atoms. The van der Waals surface area contributed by atoms with Crippen LogP contribution in [-0.4, -0.2) is 23.9 Å². The maximum absolute atomic E-state index is 12.1. The largest absolute Gasteiger partial charge is 0.337 e. The predicted molar refractivity (Wildman–Crippen MR) is 89.1 cm³/mol. The zero-order valence-corrected chi connectivity index (χ0v) is 14.0. The number of rotatable bonds is 5. The van der Waals surface area contributed by atoms with E-state index in [4.69, 9.17) is 9.81 Å². The Morgan fingerprint density at radius 2 is 2.21 bits per heavy atom. The Morgan fingerprint density at radius 1 is 1.46 bits per heavy atom. The van der Waals surface area contributed by atoms with E-state index in [1.807, 2.05) is 12.3 Å². The highest BCUT2D eigenvalue weighted by molar-refractivity contribution is 7.85. The first kappa shape index (κ1) is 17.6. The summed E-state index contributed by atoms with van der Waals surface area (Å²) in [4.78, 5) is 15.8. The van der Waals surface area contributed by atoms with Crippen LogP contribution < -0.4 is 10.6 Å². The van der Waals surface area contributed by atoms with Crippen LogP contribution in [0, 0.1) is 18.3 Å². The smallest absolute Gasteiger partial charge is 0.294 e. The van der Waals surface area contributed by atoms with E-state index in [2.05, 4.69) is 15.6 Å². The molecule has 0 aliphatic rings. The Labute approximate surface area is 142 Å². The van der Waals surface area contributed by atoms with Gasteiger partial charge in [-0.05, 0) is 25.1 Å².